The van der Waals surface area contributed by atoms with Gasteiger partial charge in [-0.2, -0.15) is 0 Å². The summed E-state index contributed by atoms with van der Waals surface area (Å²) in [6, 6.07) is 0. The highest BCUT2D eigenvalue weighted by atomic mass is 127. The second-order valence-corrected chi connectivity index (χ2v) is 13.9. The van der Waals surface area contributed by atoms with Crippen LogP contribution in [0, 0.1) is 0 Å². The summed E-state index contributed by atoms with van der Waals surface area (Å²) in [5.74, 6) is 0. The van der Waals surface area contributed by atoms with Gasteiger partial charge in [0.25, 0.3) is 0 Å². The summed E-state index contributed by atoms with van der Waals surface area (Å²) in [5, 5.41) is 0. The number of hydrogen-bond donors (Lipinski definition) is 0. The smallest absolute Gasteiger partial charge is 0.183 e. The first-order valence-electron chi connectivity index (χ1n) is 6.59. The molecule has 0 aromatic carbocycles. The summed E-state index contributed by atoms with van der Waals surface area (Å²) < 4.78 is 12.2. The highest BCUT2D eigenvalue weighted by molar-refractivity contribution is 14.1. The van der Waals surface area contributed by atoms with Gasteiger partial charge in [0.05, 0.1) is 17.1 Å². The molecule has 1 aliphatic heterocycles. The van der Waals surface area contributed by atoms with E-state index < -0.39 is 8.32 Å². The molecular weight excluding hydrogens is 379 g/mol. The number of alkyl halides is 2. The molecule has 108 valence electrons. The molecule has 0 radical (unpaired) electrons. The van der Waals surface area contributed by atoms with Crippen LogP contribution in [0.15, 0.2) is 0 Å². The number of epoxide rings is 1. The molecule has 5 heteroatoms. The molecule has 1 aliphatic rings. The highest BCUT2D eigenvalue weighted by Gasteiger charge is 2.52. The second kappa shape index (κ2) is 5.88. The molecule has 0 bridgehead atoms. The lowest BCUT2D eigenvalue weighted by Gasteiger charge is -2.24. The molecule has 0 spiro atoms. The fourth-order valence-corrected chi connectivity index (χ4v) is 2.88. The van der Waals surface area contributed by atoms with E-state index in [1.165, 1.54) is 0 Å². The molecule has 1 heterocycles. The van der Waals surface area contributed by atoms with Crippen LogP contribution in [0.5, 0.6) is 0 Å². The minimum absolute atomic E-state index is 0.0191. The summed E-state index contributed by atoms with van der Waals surface area (Å²) in [6.45, 7) is 13.7. The van der Waals surface area contributed by atoms with Gasteiger partial charge in [-0.15, -0.1) is 11.6 Å². The molecule has 0 amide bonds. The number of hydrogen-bond acceptors (Lipinski definition) is 2. The van der Waals surface area contributed by atoms with Crippen molar-refractivity contribution in [1.29, 1.82) is 0 Å². The van der Waals surface area contributed by atoms with E-state index in [4.69, 9.17) is 20.8 Å². The largest absolute Gasteiger partial charge is 0.415 e. The van der Waals surface area contributed by atoms with Gasteiger partial charge in [-0.1, -0.05) is 22.6 Å². The zero-order valence-corrected chi connectivity index (χ0v) is 16.3. The monoisotopic (exact) mass is 404 g/mol. The molecule has 1 saturated heterocycles. The van der Waals surface area contributed by atoms with Crippen LogP contribution in [-0.4, -0.2) is 35.4 Å². The van der Waals surface area contributed by atoms with E-state index in [0.29, 0.717) is 3.92 Å². The first kappa shape index (κ1) is 17.2. The molecule has 2 nitrogen and oxygen atoms in total. The summed E-state index contributed by atoms with van der Waals surface area (Å²) >= 11 is 8.77. The third kappa shape index (κ3) is 5.65. The standard InChI is InChI=1S/C13H26ClIO2Si/c1-12(2,14)10(15)7-8-13(3)11(17-13)9-16-18(4,5)6/h10-11H,7-9H2,1-6H3. The summed E-state index contributed by atoms with van der Waals surface area (Å²) in [7, 11) is -1.42. The van der Waals surface area contributed by atoms with Crippen LogP contribution in [-0.2, 0) is 9.16 Å². The Morgan fingerprint density at radius 2 is 2.00 bits per heavy atom. The van der Waals surface area contributed by atoms with Crippen molar-refractivity contribution in [3.05, 3.63) is 0 Å². The summed E-state index contributed by atoms with van der Waals surface area (Å²) in [6.07, 6.45) is 2.44. The van der Waals surface area contributed by atoms with Crippen molar-refractivity contribution in [2.45, 2.75) is 73.8 Å². The molecule has 3 atom stereocenters. The molecule has 1 rings (SSSR count). The Balaban J connectivity index is 2.29. The molecule has 1 fully saturated rings. The fourth-order valence-electron chi connectivity index (χ4n) is 1.80. The quantitative estimate of drug-likeness (QED) is 0.268. The van der Waals surface area contributed by atoms with E-state index in [1.807, 2.05) is 0 Å². The zero-order valence-electron chi connectivity index (χ0n) is 12.3. The lowest BCUT2D eigenvalue weighted by molar-refractivity contribution is 0.244. The van der Waals surface area contributed by atoms with Crippen molar-refractivity contribution in [3.8, 4) is 0 Å². The van der Waals surface area contributed by atoms with Gasteiger partial charge in [0, 0.05) is 3.92 Å². The van der Waals surface area contributed by atoms with E-state index in [1.54, 1.807) is 0 Å². The van der Waals surface area contributed by atoms with Gasteiger partial charge in [0.2, 0.25) is 0 Å². The van der Waals surface area contributed by atoms with Crippen LogP contribution >= 0.6 is 34.2 Å². The SMILES string of the molecule is CC(C)(Cl)C(I)CCC1(C)OC1CO[Si](C)(C)C. The maximum absolute atomic E-state index is 6.32. The highest BCUT2D eigenvalue weighted by Crippen LogP contribution is 2.43. The van der Waals surface area contributed by atoms with Gasteiger partial charge in [0.1, 0.15) is 6.10 Å². The number of halogens is 2. The van der Waals surface area contributed by atoms with Gasteiger partial charge in [-0.05, 0) is 53.3 Å². The minimum Gasteiger partial charge on any atom is -0.415 e. The van der Waals surface area contributed by atoms with Crippen molar-refractivity contribution < 1.29 is 9.16 Å². The van der Waals surface area contributed by atoms with E-state index in [9.17, 15) is 0 Å². The van der Waals surface area contributed by atoms with Gasteiger partial charge >= 0.3 is 0 Å². The van der Waals surface area contributed by atoms with E-state index in [-0.39, 0.29) is 16.6 Å². The predicted molar refractivity (Wildman–Crippen MR) is 89.6 cm³/mol. The Kier molecular flexibility index (Phi) is 5.62. The van der Waals surface area contributed by atoms with Crippen molar-refractivity contribution >= 4 is 42.5 Å². The Bertz CT molecular complexity index is 288. The van der Waals surface area contributed by atoms with Crippen molar-refractivity contribution in [1.82, 2.24) is 0 Å². The maximum atomic E-state index is 6.32. The molecule has 0 N–H and O–H groups in total. The predicted octanol–water partition coefficient (Wildman–Crippen LogP) is 4.60. The Hall–Kier alpha value is 1.16. The van der Waals surface area contributed by atoms with E-state index >= 15 is 0 Å². The Labute approximate surface area is 131 Å². The van der Waals surface area contributed by atoms with E-state index in [2.05, 4.69) is 63.0 Å². The third-order valence-corrected chi connectivity index (χ3v) is 7.19. The maximum Gasteiger partial charge on any atom is 0.183 e. The average molecular weight is 405 g/mol. The lowest BCUT2D eigenvalue weighted by Crippen LogP contribution is -2.30. The van der Waals surface area contributed by atoms with Crippen molar-refractivity contribution in [3.63, 3.8) is 0 Å². The normalized spacial score (nSPS) is 30.3. The first-order chi connectivity index (χ1) is 7.94. The minimum atomic E-state index is -1.42. The van der Waals surface area contributed by atoms with Crippen molar-refractivity contribution in [2.75, 3.05) is 6.61 Å². The Morgan fingerprint density at radius 3 is 2.44 bits per heavy atom. The van der Waals surface area contributed by atoms with Crippen LogP contribution in [0.4, 0.5) is 0 Å². The molecule has 0 aromatic rings. The molecule has 0 aromatic heterocycles. The van der Waals surface area contributed by atoms with Crippen LogP contribution in [0.3, 0.4) is 0 Å². The fraction of sp³-hybridized carbons (Fsp3) is 1.00. The van der Waals surface area contributed by atoms with Crippen molar-refractivity contribution in [2.24, 2.45) is 0 Å². The van der Waals surface area contributed by atoms with Crippen LogP contribution in [0.2, 0.25) is 19.6 Å². The molecule has 0 aliphatic carbocycles. The third-order valence-electron chi connectivity index (χ3n) is 3.34. The molecular formula is C13H26ClIO2Si. The van der Waals surface area contributed by atoms with Gasteiger partial charge < -0.3 is 9.16 Å². The second-order valence-electron chi connectivity index (χ2n) is 6.91. The van der Waals surface area contributed by atoms with Crippen LogP contribution in [0.1, 0.15) is 33.6 Å². The lowest BCUT2D eigenvalue weighted by atomic mass is 9.97. The van der Waals surface area contributed by atoms with Gasteiger partial charge in [0.15, 0.2) is 8.32 Å². The number of ether oxygens (including phenoxy) is 1. The average Bonchev–Trinajstić information content (AvgIpc) is 2.81. The molecule has 18 heavy (non-hydrogen) atoms. The summed E-state index contributed by atoms with van der Waals surface area (Å²) in [4.78, 5) is -0.143. The topological polar surface area (TPSA) is 21.8 Å². The zero-order chi connectivity index (χ0) is 14.2. The van der Waals surface area contributed by atoms with Gasteiger partial charge in [-0.3, -0.25) is 0 Å². The van der Waals surface area contributed by atoms with Gasteiger partial charge in [-0.25, -0.2) is 0 Å². The first-order valence-corrected chi connectivity index (χ1v) is 11.6. The molecule has 0 saturated carbocycles. The van der Waals surface area contributed by atoms with Crippen LogP contribution in [0.25, 0.3) is 0 Å². The van der Waals surface area contributed by atoms with E-state index in [0.717, 1.165) is 19.4 Å². The number of rotatable bonds is 7. The Morgan fingerprint density at radius 1 is 1.44 bits per heavy atom. The summed E-state index contributed by atoms with van der Waals surface area (Å²) in [5.41, 5.74) is 0.0191. The van der Waals surface area contributed by atoms with Crippen LogP contribution < -0.4 is 0 Å². The molecule has 3 unspecified atom stereocenters.